The Morgan fingerprint density at radius 3 is 2.50 bits per heavy atom. The van der Waals surface area contributed by atoms with E-state index in [0.717, 1.165) is 6.07 Å². The first-order chi connectivity index (χ1) is 9.38. The van der Waals surface area contributed by atoms with Crippen LogP contribution in [0.1, 0.15) is 5.56 Å². The zero-order valence-corrected chi connectivity index (χ0v) is 10.7. The lowest BCUT2D eigenvalue weighted by molar-refractivity contribution is -0.137. The molecule has 1 rings (SSSR count). The number of carbonyl (C=O) groups excluding carboxylic acids is 2. The summed E-state index contributed by atoms with van der Waals surface area (Å²) in [5.41, 5.74) is 0.695. The van der Waals surface area contributed by atoms with Gasteiger partial charge in [-0.15, -0.1) is 0 Å². The van der Waals surface area contributed by atoms with Gasteiger partial charge in [0.05, 0.1) is 6.54 Å². The molecule has 0 aliphatic carbocycles. The minimum absolute atomic E-state index is 0.247. The third kappa shape index (κ3) is 5.34. The summed E-state index contributed by atoms with van der Waals surface area (Å²) in [5.74, 6) is -2.28. The van der Waals surface area contributed by atoms with Gasteiger partial charge < -0.3 is 21.1 Å². The predicted molar refractivity (Wildman–Crippen MR) is 68.8 cm³/mol. The Kier molecular flexibility index (Phi) is 5.45. The van der Waals surface area contributed by atoms with Crippen LogP contribution in [-0.4, -0.2) is 36.1 Å². The zero-order valence-electron chi connectivity index (χ0n) is 10.7. The van der Waals surface area contributed by atoms with Crippen molar-refractivity contribution in [1.29, 1.82) is 0 Å². The average Bonchev–Trinajstić information content (AvgIpc) is 2.38. The van der Waals surface area contributed by atoms with Crippen LogP contribution in [0.15, 0.2) is 18.2 Å². The number of carbonyl (C=O) groups is 3. The lowest BCUT2D eigenvalue weighted by Gasteiger charge is -2.08. The fraction of sp³-hybridized carbons (Fsp3) is 0.250. The van der Waals surface area contributed by atoms with Crippen LogP contribution in [0.25, 0.3) is 0 Å². The second-order valence-electron chi connectivity index (χ2n) is 3.94. The van der Waals surface area contributed by atoms with Crippen LogP contribution >= 0.6 is 0 Å². The molecule has 20 heavy (non-hydrogen) atoms. The lowest BCUT2D eigenvalue weighted by atomic mass is 10.2. The Morgan fingerprint density at radius 2 is 1.90 bits per heavy atom. The van der Waals surface area contributed by atoms with Crippen LogP contribution in [0.4, 0.5) is 14.9 Å². The van der Waals surface area contributed by atoms with Gasteiger partial charge in [-0.3, -0.25) is 9.59 Å². The van der Waals surface area contributed by atoms with Crippen molar-refractivity contribution in [2.45, 2.75) is 6.92 Å². The van der Waals surface area contributed by atoms with Crippen molar-refractivity contribution in [2.24, 2.45) is 0 Å². The topological polar surface area (TPSA) is 108 Å². The molecule has 0 unspecified atom stereocenters. The number of hydrogen-bond donors (Lipinski definition) is 4. The SMILES string of the molecule is Cc1ccc(NC(=O)NCC(=O)NCC(=O)O)cc1F. The molecule has 7 nitrogen and oxygen atoms in total. The third-order valence-electron chi connectivity index (χ3n) is 2.28. The van der Waals surface area contributed by atoms with E-state index in [4.69, 9.17) is 5.11 Å². The summed E-state index contributed by atoms with van der Waals surface area (Å²) in [6, 6.07) is 3.48. The van der Waals surface area contributed by atoms with Crippen molar-refractivity contribution in [3.63, 3.8) is 0 Å². The summed E-state index contributed by atoms with van der Waals surface area (Å²) < 4.78 is 13.2. The highest BCUT2D eigenvalue weighted by atomic mass is 19.1. The number of aryl methyl sites for hydroxylation is 1. The van der Waals surface area contributed by atoms with Crippen molar-refractivity contribution >= 4 is 23.6 Å². The van der Waals surface area contributed by atoms with Crippen LogP contribution in [0, 0.1) is 12.7 Å². The number of anilines is 1. The number of urea groups is 1. The molecule has 8 heteroatoms. The highest BCUT2D eigenvalue weighted by Crippen LogP contribution is 2.13. The van der Waals surface area contributed by atoms with Crippen LogP contribution in [0.5, 0.6) is 0 Å². The van der Waals surface area contributed by atoms with E-state index in [1.807, 2.05) is 0 Å². The van der Waals surface area contributed by atoms with Crippen molar-refractivity contribution in [3.8, 4) is 0 Å². The summed E-state index contributed by atoms with van der Waals surface area (Å²) >= 11 is 0. The first kappa shape index (κ1) is 15.4. The van der Waals surface area contributed by atoms with Crippen molar-refractivity contribution in [1.82, 2.24) is 10.6 Å². The Bertz CT molecular complexity index is 533. The van der Waals surface area contributed by atoms with Gasteiger partial charge in [0.25, 0.3) is 0 Å². The number of amides is 3. The number of hydrogen-bond acceptors (Lipinski definition) is 3. The standard InChI is InChI=1S/C12H14FN3O4/c1-7-2-3-8(4-9(7)13)16-12(20)15-5-10(17)14-6-11(18)19/h2-4H,5-6H2,1H3,(H,14,17)(H,18,19)(H2,15,16,20). The van der Waals surface area contributed by atoms with Crippen LogP contribution < -0.4 is 16.0 Å². The Hall–Kier alpha value is -2.64. The summed E-state index contributed by atoms with van der Waals surface area (Å²) in [6.07, 6.45) is 0. The summed E-state index contributed by atoms with van der Waals surface area (Å²) in [7, 11) is 0. The van der Waals surface area contributed by atoms with Crippen LogP contribution in [0.2, 0.25) is 0 Å². The van der Waals surface area contributed by atoms with E-state index in [-0.39, 0.29) is 12.2 Å². The first-order valence-electron chi connectivity index (χ1n) is 5.68. The van der Waals surface area contributed by atoms with Gasteiger partial charge in [-0.25, -0.2) is 9.18 Å². The normalized spacial score (nSPS) is 9.70. The molecular weight excluding hydrogens is 269 g/mol. The maximum Gasteiger partial charge on any atom is 0.322 e. The van der Waals surface area contributed by atoms with Gasteiger partial charge in [0.2, 0.25) is 5.91 Å². The molecule has 1 aromatic rings. The highest BCUT2D eigenvalue weighted by molar-refractivity contribution is 5.92. The molecule has 0 fully saturated rings. The van der Waals surface area contributed by atoms with Crippen molar-refractivity contribution in [2.75, 3.05) is 18.4 Å². The lowest BCUT2D eigenvalue weighted by Crippen LogP contribution is -2.40. The van der Waals surface area contributed by atoms with E-state index in [2.05, 4.69) is 16.0 Å². The van der Waals surface area contributed by atoms with E-state index >= 15 is 0 Å². The number of nitrogens with one attached hydrogen (secondary N) is 3. The first-order valence-corrected chi connectivity index (χ1v) is 5.68. The number of carboxylic acid groups (broad SMARTS) is 1. The second-order valence-corrected chi connectivity index (χ2v) is 3.94. The molecule has 0 saturated heterocycles. The largest absolute Gasteiger partial charge is 0.480 e. The molecule has 0 aliphatic heterocycles. The van der Waals surface area contributed by atoms with Crippen molar-refractivity contribution in [3.05, 3.63) is 29.6 Å². The molecular formula is C12H14FN3O4. The highest BCUT2D eigenvalue weighted by Gasteiger charge is 2.07. The number of aliphatic carboxylic acids is 1. The molecule has 0 heterocycles. The number of rotatable bonds is 5. The smallest absolute Gasteiger partial charge is 0.322 e. The maximum absolute atomic E-state index is 13.2. The Morgan fingerprint density at radius 1 is 1.20 bits per heavy atom. The van der Waals surface area contributed by atoms with Gasteiger partial charge in [0.15, 0.2) is 0 Å². The molecule has 0 saturated carbocycles. The third-order valence-corrected chi connectivity index (χ3v) is 2.28. The molecule has 4 N–H and O–H groups in total. The monoisotopic (exact) mass is 283 g/mol. The molecule has 108 valence electrons. The minimum atomic E-state index is -1.18. The van der Waals surface area contributed by atoms with E-state index in [0.29, 0.717) is 5.56 Å². The quantitative estimate of drug-likeness (QED) is 0.629. The Balaban J connectivity index is 2.38. The second kappa shape index (κ2) is 7.07. The molecule has 0 aromatic heterocycles. The van der Waals surface area contributed by atoms with Gasteiger partial charge in [-0.2, -0.15) is 0 Å². The van der Waals surface area contributed by atoms with Crippen LogP contribution in [0.3, 0.4) is 0 Å². The van der Waals surface area contributed by atoms with Gasteiger partial charge in [0.1, 0.15) is 12.4 Å². The minimum Gasteiger partial charge on any atom is -0.480 e. The van der Waals surface area contributed by atoms with Crippen molar-refractivity contribution < 1.29 is 23.9 Å². The Labute approximate surface area is 114 Å². The van der Waals surface area contributed by atoms with Crippen LogP contribution in [-0.2, 0) is 9.59 Å². The molecule has 0 bridgehead atoms. The summed E-state index contributed by atoms with van der Waals surface area (Å²) in [4.78, 5) is 32.7. The van der Waals surface area contributed by atoms with E-state index in [1.165, 1.54) is 12.1 Å². The fourth-order valence-corrected chi connectivity index (χ4v) is 1.24. The number of halogens is 1. The molecule has 0 radical (unpaired) electrons. The predicted octanol–water partition coefficient (Wildman–Crippen LogP) is 0.456. The molecule has 0 atom stereocenters. The number of carboxylic acids is 1. The fourth-order valence-electron chi connectivity index (χ4n) is 1.24. The molecule has 1 aromatic carbocycles. The van der Waals surface area contributed by atoms with E-state index in [9.17, 15) is 18.8 Å². The van der Waals surface area contributed by atoms with E-state index in [1.54, 1.807) is 6.92 Å². The average molecular weight is 283 g/mol. The molecule has 0 spiro atoms. The number of benzene rings is 1. The maximum atomic E-state index is 13.2. The molecule has 3 amide bonds. The van der Waals surface area contributed by atoms with Gasteiger partial charge in [0, 0.05) is 5.69 Å². The summed E-state index contributed by atoms with van der Waals surface area (Å²) in [5, 5.41) is 15.0. The van der Waals surface area contributed by atoms with Gasteiger partial charge >= 0.3 is 12.0 Å². The zero-order chi connectivity index (χ0) is 15.1. The summed E-state index contributed by atoms with van der Waals surface area (Å²) in [6.45, 7) is 0.685. The van der Waals surface area contributed by atoms with E-state index < -0.39 is 30.3 Å². The molecule has 0 aliphatic rings. The van der Waals surface area contributed by atoms with Gasteiger partial charge in [-0.05, 0) is 24.6 Å². The van der Waals surface area contributed by atoms with Gasteiger partial charge in [-0.1, -0.05) is 6.07 Å².